The standard InChI is InChI=1S/C11H15Br2NO3S/c1-8(7-17-2)6-14-18(15,16)11-4-3-9(12)5-10(11)13/h3-5,8,14H,6-7H2,1-2H3. The van der Waals surface area contributed by atoms with E-state index in [0.29, 0.717) is 17.6 Å². The van der Waals surface area contributed by atoms with Crippen LogP contribution in [0.4, 0.5) is 0 Å². The van der Waals surface area contributed by atoms with Crippen molar-refractivity contribution in [3.8, 4) is 0 Å². The van der Waals surface area contributed by atoms with Crippen molar-refractivity contribution in [2.45, 2.75) is 11.8 Å². The number of benzene rings is 1. The lowest BCUT2D eigenvalue weighted by molar-refractivity contribution is 0.161. The van der Waals surface area contributed by atoms with Crippen molar-refractivity contribution in [3.63, 3.8) is 0 Å². The van der Waals surface area contributed by atoms with Crippen LogP contribution in [0.1, 0.15) is 6.92 Å². The van der Waals surface area contributed by atoms with Crippen LogP contribution < -0.4 is 4.72 Å². The van der Waals surface area contributed by atoms with Crippen molar-refractivity contribution in [3.05, 3.63) is 27.1 Å². The molecular weight excluding hydrogens is 386 g/mol. The summed E-state index contributed by atoms with van der Waals surface area (Å²) in [5, 5.41) is 0. The summed E-state index contributed by atoms with van der Waals surface area (Å²) in [6, 6.07) is 4.95. The highest BCUT2D eigenvalue weighted by molar-refractivity contribution is 9.11. The first kappa shape index (κ1) is 16.1. The van der Waals surface area contributed by atoms with E-state index >= 15 is 0 Å². The zero-order valence-corrected chi connectivity index (χ0v) is 14.1. The van der Waals surface area contributed by atoms with Crippen LogP contribution in [0.2, 0.25) is 0 Å². The smallest absolute Gasteiger partial charge is 0.241 e. The van der Waals surface area contributed by atoms with Gasteiger partial charge in [0.15, 0.2) is 0 Å². The maximum absolute atomic E-state index is 12.1. The maximum Gasteiger partial charge on any atom is 0.241 e. The Morgan fingerprint density at radius 2 is 2.06 bits per heavy atom. The van der Waals surface area contributed by atoms with E-state index in [0.717, 1.165) is 4.47 Å². The van der Waals surface area contributed by atoms with Gasteiger partial charge in [0.05, 0.1) is 4.90 Å². The van der Waals surface area contributed by atoms with Gasteiger partial charge in [-0.05, 0) is 40.0 Å². The fourth-order valence-electron chi connectivity index (χ4n) is 1.37. The van der Waals surface area contributed by atoms with Crippen LogP contribution in [0.3, 0.4) is 0 Å². The van der Waals surface area contributed by atoms with Crippen molar-refractivity contribution in [2.75, 3.05) is 20.3 Å². The van der Waals surface area contributed by atoms with Crippen molar-refractivity contribution >= 4 is 41.9 Å². The molecule has 0 saturated heterocycles. The van der Waals surface area contributed by atoms with E-state index in [1.807, 2.05) is 6.92 Å². The molecule has 1 unspecified atom stereocenters. The van der Waals surface area contributed by atoms with Crippen molar-refractivity contribution in [1.29, 1.82) is 0 Å². The van der Waals surface area contributed by atoms with Gasteiger partial charge in [0.1, 0.15) is 0 Å². The molecule has 1 atom stereocenters. The highest BCUT2D eigenvalue weighted by Crippen LogP contribution is 2.25. The van der Waals surface area contributed by atoms with Crippen LogP contribution in [0.25, 0.3) is 0 Å². The van der Waals surface area contributed by atoms with Crippen LogP contribution in [0.5, 0.6) is 0 Å². The van der Waals surface area contributed by atoms with Crippen molar-refractivity contribution < 1.29 is 13.2 Å². The third-order valence-electron chi connectivity index (χ3n) is 2.26. The molecule has 1 aromatic rings. The van der Waals surface area contributed by atoms with Gasteiger partial charge in [0, 0.05) is 29.2 Å². The van der Waals surface area contributed by atoms with Crippen molar-refractivity contribution in [1.82, 2.24) is 4.72 Å². The molecule has 18 heavy (non-hydrogen) atoms. The lowest BCUT2D eigenvalue weighted by Gasteiger charge is -2.13. The third-order valence-corrected chi connectivity index (χ3v) is 5.15. The first-order chi connectivity index (χ1) is 8.36. The zero-order valence-electron chi connectivity index (χ0n) is 10.1. The summed E-state index contributed by atoms with van der Waals surface area (Å²) in [4.78, 5) is 0.232. The Morgan fingerprint density at radius 1 is 1.39 bits per heavy atom. The summed E-state index contributed by atoms with van der Waals surface area (Å²) in [6.45, 7) is 2.78. The van der Waals surface area contributed by atoms with Crippen LogP contribution in [0.15, 0.2) is 32.0 Å². The van der Waals surface area contributed by atoms with E-state index < -0.39 is 10.0 Å². The molecule has 0 fully saturated rings. The topological polar surface area (TPSA) is 55.4 Å². The summed E-state index contributed by atoms with van der Waals surface area (Å²) in [5.74, 6) is 0.124. The minimum absolute atomic E-state index is 0.124. The summed E-state index contributed by atoms with van der Waals surface area (Å²) in [5.41, 5.74) is 0. The van der Waals surface area contributed by atoms with Gasteiger partial charge in [0.25, 0.3) is 0 Å². The van der Waals surface area contributed by atoms with E-state index in [1.165, 1.54) is 0 Å². The predicted octanol–water partition coefficient (Wildman–Crippen LogP) is 2.77. The van der Waals surface area contributed by atoms with Gasteiger partial charge in [-0.25, -0.2) is 13.1 Å². The molecule has 4 nitrogen and oxygen atoms in total. The van der Waals surface area contributed by atoms with Gasteiger partial charge in [-0.15, -0.1) is 0 Å². The molecule has 102 valence electrons. The number of rotatable bonds is 6. The first-order valence-electron chi connectivity index (χ1n) is 5.30. The number of nitrogens with one attached hydrogen (secondary N) is 1. The normalized spacial score (nSPS) is 13.6. The molecule has 0 amide bonds. The van der Waals surface area contributed by atoms with Gasteiger partial charge in [0.2, 0.25) is 10.0 Å². The van der Waals surface area contributed by atoms with E-state index in [4.69, 9.17) is 4.74 Å². The van der Waals surface area contributed by atoms with Gasteiger partial charge >= 0.3 is 0 Å². The quantitative estimate of drug-likeness (QED) is 0.798. The Hall–Kier alpha value is 0.0500. The van der Waals surface area contributed by atoms with E-state index in [9.17, 15) is 8.42 Å². The number of ether oxygens (including phenoxy) is 1. The number of hydrogen-bond donors (Lipinski definition) is 1. The van der Waals surface area contributed by atoms with Gasteiger partial charge in [-0.3, -0.25) is 0 Å². The molecule has 0 aliphatic heterocycles. The second-order valence-electron chi connectivity index (χ2n) is 3.99. The van der Waals surface area contributed by atoms with Crippen LogP contribution in [-0.4, -0.2) is 28.7 Å². The molecule has 0 radical (unpaired) electrons. The predicted molar refractivity (Wildman–Crippen MR) is 78.1 cm³/mol. The van der Waals surface area contributed by atoms with Gasteiger partial charge in [-0.1, -0.05) is 22.9 Å². The first-order valence-corrected chi connectivity index (χ1v) is 8.37. The molecular formula is C11H15Br2NO3S. The van der Waals surface area contributed by atoms with Crippen molar-refractivity contribution in [2.24, 2.45) is 5.92 Å². The lowest BCUT2D eigenvalue weighted by Crippen LogP contribution is -2.30. The summed E-state index contributed by atoms with van der Waals surface area (Å²) in [6.07, 6.45) is 0. The monoisotopic (exact) mass is 399 g/mol. The molecule has 7 heteroatoms. The average Bonchev–Trinajstić information content (AvgIpc) is 2.26. The molecule has 0 saturated carbocycles. The molecule has 1 aromatic carbocycles. The fourth-order valence-corrected chi connectivity index (χ4v) is 4.27. The molecule has 0 aliphatic rings. The van der Waals surface area contributed by atoms with E-state index in [-0.39, 0.29) is 10.8 Å². The fraction of sp³-hybridized carbons (Fsp3) is 0.455. The maximum atomic E-state index is 12.1. The summed E-state index contributed by atoms with van der Waals surface area (Å²) < 4.78 is 33.0. The highest BCUT2D eigenvalue weighted by atomic mass is 79.9. The Balaban J connectivity index is 2.80. The summed E-state index contributed by atoms with van der Waals surface area (Å²) in [7, 11) is -1.90. The molecule has 1 rings (SSSR count). The number of halogens is 2. The largest absolute Gasteiger partial charge is 0.384 e. The Labute approximate surface area is 124 Å². The highest BCUT2D eigenvalue weighted by Gasteiger charge is 2.18. The molecule has 1 N–H and O–H groups in total. The molecule has 0 bridgehead atoms. The Bertz CT molecular complexity index is 505. The minimum atomic E-state index is -3.49. The minimum Gasteiger partial charge on any atom is -0.384 e. The molecule has 0 aromatic heterocycles. The average molecular weight is 401 g/mol. The zero-order chi connectivity index (χ0) is 13.8. The molecule has 0 heterocycles. The summed E-state index contributed by atoms with van der Waals surface area (Å²) >= 11 is 6.53. The lowest BCUT2D eigenvalue weighted by atomic mass is 10.2. The van der Waals surface area contributed by atoms with Gasteiger partial charge < -0.3 is 4.74 Å². The number of hydrogen-bond acceptors (Lipinski definition) is 3. The Morgan fingerprint density at radius 3 is 2.61 bits per heavy atom. The number of methoxy groups -OCH3 is 1. The second-order valence-corrected chi connectivity index (χ2v) is 7.49. The van der Waals surface area contributed by atoms with E-state index in [2.05, 4.69) is 36.6 Å². The van der Waals surface area contributed by atoms with Gasteiger partial charge in [-0.2, -0.15) is 0 Å². The van der Waals surface area contributed by atoms with Crippen LogP contribution >= 0.6 is 31.9 Å². The Kier molecular flexibility index (Phi) is 6.26. The molecule has 0 aliphatic carbocycles. The van der Waals surface area contributed by atoms with E-state index in [1.54, 1.807) is 25.3 Å². The third kappa shape index (κ3) is 4.62. The molecule has 0 spiro atoms. The SMILES string of the molecule is COCC(C)CNS(=O)(=O)c1ccc(Br)cc1Br. The number of sulfonamides is 1. The second kappa shape index (κ2) is 7.00. The van der Waals surface area contributed by atoms with Crippen LogP contribution in [0, 0.1) is 5.92 Å². The van der Waals surface area contributed by atoms with Crippen LogP contribution in [-0.2, 0) is 14.8 Å².